The smallest absolute Gasteiger partial charge is 0.260 e. The molecule has 1 atom stereocenters. The van der Waals surface area contributed by atoms with Gasteiger partial charge in [0.1, 0.15) is 6.33 Å². The number of hydrogen-bond donors (Lipinski definition) is 1. The van der Waals surface area contributed by atoms with E-state index in [1.165, 1.54) is 18.3 Å². The van der Waals surface area contributed by atoms with Crippen LogP contribution in [0.4, 0.5) is 10.2 Å². The van der Waals surface area contributed by atoms with Crippen LogP contribution in [0.25, 0.3) is 5.65 Å². The van der Waals surface area contributed by atoms with Gasteiger partial charge in [-0.1, -0.05) is 6.92 Å². The van der Waals surface area contributed by atoms with Crippen LogP contribution in [0.3, 0.4) is 0 Å². The molecule has 23 heavy (non-hydrogen) atoms. The van der Waals surface area contributed by atoms with Crippen molar-refractivity contribution in [1.29, 1.82) is 0 Å². The van der Waals surface area contributed by atoms with E-state index in [1.807, 2.05) is 10.5 Å². The van der Waals surface area contributed by atoms with Gasteiger partial charge >= 0.3 is 0 Å². The SMILES string of the molecule is CC1CCc2c1cc(C(=O)Nc1ncccc1F)c1nncn21. The molecule has 1 aliphatic rings. The highest BCUT2D eigenvalue weighted by atomic mass is 19.1. The molecular formula is C16H14FN5O. The average molecular weight is 311 g/mol. The van der Waals surface area contributed by atoms with E-state index in [-0.39, 0.29) is 5.82 Å². The Hall–Kier alpha value is -2.83. The number of pyridine rings is 2. The van der Waals surface area contributed by atoms with E-state index in [4.69, 9.17) is 0 Å². The molecule has 0 saturated carbocycles. The largest absolute Gasteiger partial charge is 0.304 e. The fourth-order valence-electron chi connectivity index (χ4n) is 3.08. The number of anilines is 1. The van der Waals surface area contributed by atoms with E-state index in [2.05, 4.69) is 27.4 Å². The second-order valence-corrected chi connectivity index (χ2v) is 5.71. The molecule has 1 amide bonds. The van der Waals surface area contributed by atoms with E-state index >= 15 is 0 Å². The Balaban J connectivity index is 1.80. The van der Waals surface area contributed by atoms with Gasteiger partial charge in [-0.3, -0.25) is 9.20 Å². The number of aromatic nitrogens is 4. The Morgan fingerprint density at radius 1 is 1.48 bits per heavy atom. The fourth-order valence-corrected chi connectivity index (χ4v) is 3.08. The highest BCUT2D eigenvalue weighted by Crippen LogP contribution is 2.34. The maximum absolute atomic E-state index is 13.7. The minimum absolute atomic E-state index is 0.0938. The summed E-state index contributed by atoms with van der Waals surface area (Å²) < 4.78 is 15.5. The van der Waals surface area contributed by atoms with E-state index in [0.717, 1.165) is 24.1 Å². The van der Waals surface area contributed by atoms with Crippen molar-refractivity contribution in [3.8, 4) is 0 Å². The summed E-state index contributed by atoms with van der Waals surface area (Å²) in [6.45, 7) is 2.13. The van der Waals surface area contributed by atoms with Crippen molar-refractivity contribution in [1.82, 2.24) is 19.6 Å². The lowest BCUT2D eigenvalue weighted by molar-refractivity contribution is 0.102. The Morgan fingerprint density at radius 3 is 3.17 bits per heavy atom. The quantitative estimate of drug-likeness (QED) is 0.789. The van der Waals surface area contributed by atoms with E-state index in [9.17, 15) is 9.18 Å². The van der Waals surface area contributed by atoms with E-state index in [0.29, 0.717) is 17.1 Å². The standard InChI is InChI=1S/C16H14FN5O/c1-9-4-5-13-10(9)7-11(15-21-19-8-22(13)15)16(23)20-14-12(17)3-2-6-18-14/h2-3,6-9H,4-5H2,1H3,(H,18,20,23). The van der Waals surface area contributed by atoms with Crippen molar-refractivity contribution in [2.75, 3.05) is 5.32 Å². The number of halogens is 1. The Bertz CT molecular complexity index is 920. The summed E-state index contributed by atoms with van der Waals surface area (Å²) in [6, 6.07) is 4.56. The maximum Gasteiger partial charge on any atom is 0.260 e. The molecule has 6 nitrogen and oxygen atoms in total. The van der Waals surface area contributed by atoms with Crippen molar-refractivity contribution in [2.24, 2.45) is 0 Å². The van der Waals surface area contributed by atoms with Gasteiger partial charge in [0.2, 0.25) is 0 Å². The van der Waals surface area contributed by atoms with Gasteiger partial charge in [0.05, 0.1) is 5.56 Å². The average Bonchev–Trinajstić information content (AvgIpc) is 3.15. The van der Waals surface area contributed by atoms with Crippen LogP contribution in [0.2, 0.25) is 0 Å². The van der Waals surface area contributed by atoms with Crippen LogP contribution in [-0.4, -0.2) is 25.5 Å². The Labute approximate surface area is 131 Å². The number of rotatable bonds is 2. The lowest BCUT2D eigenvalue weighted by atomic mass is 10.0. The summed E-state index contributed by atoms with van der Waals surface area (Å²) in [5.74, 6) is -0.742. The van der Waals surface area contributed by atoms with Crippen LogP contribution in [0.5, 0.6) is 0 Å². The first-order valence-corrected chi connectivity index (χ1v) is 7.42. The Kier molecular flexibility index (Phi) is 3.07. The van der Waals surface area contributed by atoms with E-state index < -0.39 is 11.7 Å². The molecule has 0 saturated heterocycles. The van der Waals surface area contributed by atoms with Gasteiger partial charge in [-0.25, -0.2) is 9.37 Å². The normalized spacial score (nSPS) is 16.5. The zero-order valence-corrected chi connectivity index (χ0v) is 12.5. The van der Waals surface area contributed by atoms with Gasteiger partial charge in [-0.15, -0.1) is 10.2 Å². The van der Waals surface area contributed by atoms with Crippen LogP contribution in [0.15, 0.2) is 30.7 Å². The summed E-state index contributed by atoms with van der Waals surface area (Å²) in [7, 11) is 0. The summed E-state index contributed by atoms with van der Waals surface area (Å²) in [6.07, 6.45) is 5.00. The molecule has 3 aromatic rings. The first-order valence-electron chi connectivity index (χ1n) is 7.42. The second-order valence-electron chi connectivity index (χ2n) is 5.71. The molecule has 1 N–H and O–H groups in total. The molecular weight excluding hydrogens is 297 g/mol. The van der Waals surface area contributed by atoms with Crippen LogP contribution < -0.4 is 5.32 Å². The molecule has 7 heteroatoms. The van der Waals surface area contributed by atoms with Gasteiger partial charge < -0.3 is 5.32 Å². The zero-order chi connectivity index (χ0) is 16.0. The zero-order valence-electron chi connectivity index (χ0n) is 12.5. The molecule has 4 rings (SSSR count). The first kappa shape index (κ1) is 13.8. The topological polar surface area (TPSA) is 72.2 Å². The Morgan fingerprint density at radius 2 is 2.35 bits per heavy atom. The minimum Gasteiger partial charge on any atom is -0.304 e. The predicted octanol–water partition coefficient (Wildman–Crippen LogP) is 2.57. The third kappa shape index (κ3) is 2.16. The third-order valence-corrected chi connectivity index (χ3v) is 4.29. The summed E-state index contributed by atoms with van der Waals surface area (Å²) in [5, 5.41) is 10.5. The van der Waals surface area contributed by atoms with Gasteiger partial charge in [0, 0.05) is 11.9 Å². The summed E-state index contributed by atoms with van der Waals surface area (Å²) in [4.78, 5) is 16.4. The number of nitrogens with one attached hydrogen (secondary N) is 1. The second kappa shape index (κ2) is 5.12. The van der Waals surface area contributed by atoms with Crippen molar-refractivity contribution >= 4 is 17.4 Å². The number of hydrogen-bond acceptors (Lipinski definition) is 4. The molecule has 0 radical (unpaired) electrons. The van der Waals surface area contributed by atoms with Crippen LogP contribution in [0.1, 0.15) is 40.9 Å². The number of nitrogens with zero attached hydrogens (tertiary/aromatic N) is 4. The van der Waals surface area contributed by atoms with Gasteiger partial charge in [0.25, 0.3) is 5.91 Å². The minimum atomic E-state index is -0.576. The monoisotopic (exact) mass is 311 g/mol. The molecule has 0 aliphatic heterocycles. The molecule has 0 bridgehead atoms. The number of fused-ring (bicyclic) bond motifs is 3. The molecule has 0 aromatic carbocycles. The summed E-state index contributed by atoms with van der Waals surface area (Å²) in [5.41, 5.74) is 3.11. The van der Waals surface area contributed by atoms with Crippen LogP contribution in [-0.2, 0) is 6.42 Å². The molecule has 116 valence electrons. The van der Waals surface area contributed by atoms with Gasteiger partial charge in [-0.2, -0.15) is 0 Å². The van der Waals surface area contributed by atoms with Crippen molar-refractivity contribution in [3.05, 3.63) is 53.4 Å². The third-order valence-electron chi connectivity index (χ3n) is 4.29. The molecule has 0 fully saturated rings. The number of aryl methyl sites for hydroxylation is 1. The van der Waals surface area contributed by atoms with Crippen molar-refractivity contribution in [2.45, 2.75) is 25.7 Å². The van der Waals surface area contributed by atoms with Gasteiger partial charge in [-0.05, 0) is 42.5 Å². The highest BCUT2D eigenvalue weighted by Gasteiger charge is 2.26. The fraction of sp³-hybridized carbons (Fsp3) is 0.250. The predicted molar refractivity (Wildman–Crippen MR) is 81.9 cm³/mol. The molecule has 1 unspecified atom stereocenters. The van der Waals surface area contributed by atoms with Crippen molar-refractivity contribution < 1.29 is 9.18 Å². The number of amides is 1. The number of carbonyl (C=O) groups is 1. The lowest BCUT2D eigenvalue weighted by Crippen LogP contribution is -2.16. The maximum atomic E-state index is 13.7. The first-order chi connectivity index (χ1) is 11.1. The van der Waals surface area contributed by atoms with E-state index in [1.54, 1.807) is 6.33 Å². The van der Waals surface area contributed by atoms with Crippen molar-refractivity contribution in [3.63, 3.8) is 0 Å². The van der Waals surface area contributed by atoms with Crippen LogP contribution in [0, 0.1) is 5.82 Å². The number of carbonyl (C=O) groups excluding carboxylic acids is 1. The van der Waals surface area contributed by atoms with Crippen LogP contribution >= 0.6 is 0 Å². The van der Waals surface area contributed by atoms with Gasteiger partial charge in [0.15, 0.2) is 17.3 Å². The molecule has 0 spiro atoms. The molecule has 3 aromatic heterocycles. The summed E-state index contributed by atoms with van der Waals surface area (Å²) >= 11 is 0. The molecule has 1 aliphatic carbocycles. The lowest BCUT2D eigenvalue weighted by Gasteiger charge is -2.11. The highest BCUT2D eigenvalue weighted by molar-refractivity contribution is 6.08. The molecule has 3 heterocycles.